The fourth-order valence-corrected chi connectivity index (χ4v) is 2.79. The number of rotatable bonds is 3. The average molecular weight is 293 g/mol. The Hall–Kier alpha value is -1.46. The molecule has 118 valence electrons. The van der Waals surface area contributed by atoms with Gasteiger partial charge in [-0.15, -0.1) is 10.2 Å². The summed E-state index contributed by atoms with van der Waals surface area (Å²) in [5, 5.41) is 12.2. The maximum atomic E-state index is 12.3. The van der Waals surface area contributed by atoms with Crippen LogP contribution in [0.1, 0.15) is 59.3 Å². The first-order chi connectivity index (χ1) is 9.77. The lowest BCUT2D eigenvalue weighted by Crippen LogP contribution is -2.42. The SMILES string of the molecule is CC(C)n1nnc(CC(=O)N2CCC(C(C)(C)C)CC2)n1. The van der Waals surface area contributed by atoms with Gasteiger partial charge in [0.2, 0.25) is 5.91 Å². The summed E-state index contributed by atoms with van der Waals surface area (Å²) in [5.74, 6) is 1.33. The molecular weight excluding hydrogens is 266 g/mol. The Labute approximate surface area is 126 Å². The van der Waals surface area contributed by atoms with Crippen LogP contribution >= 0.6 is 0 Å². The van der Waals surface area contributed by atoms with E-state index in [2.05, 4.69) is 36.2 Å². The molecule has 0 N–H and O–H groups in total. The number of carbonyl (C=O) groups excluding carboxylic acids is 1. The molecule has 0 unspecified atom stereocenters. The van der Waals surface area contributed by atoms with Crippen molar-refractivity contribution in [2.75, 3.05) is 13.1 Å². The fourth-order valence-electron chi connectivity index (χ4n) is 2.79. The zero-order valence-corrected chi connectivity index (χ0v) is 13.8. The lowest BCUT2D eigenvalue weighted by atomic mass is 9.75. The van der Waals surface area contributed by atoms with Crippen molar-refractivity contribution in [1.82, 2.24) is 25.1 Å². The first kappa shape index (κ1) is 15.9. The quantitative estimate of drug-likeness (QED) is 0.856. The zero-order chi connectivity index (χ0) is 15.6. The van der Waals surface area contributed by atoms with Crippen molar-refractivity contribution in [3.8, 4) is 0 Å². The summed E-state index contributed by atoms with van der Waals surface area (Å²) in [6.07, 6.45) is 2.43. The van der Waals surface area contributed by atoms with Crippen molar-refractivity contribution < 1.29 is 4.79 Å². The highest BCUT2D eigenvalue weighted by Crippen LogP contribution is 2.34. The van der Waals surface area contributed by atoms with Gasteiger partial charge in [0.1, 0.15) is 0 Å². The van der Waals surface area contributed by atoms with E-state index in [0.29, 0.717) is 17.2 Å². The molecule has 6 nitrogen and oxygen atoms in total. The predicted octanol–water partition coefficient (Wildman–Crippen LogP) is 2.08. The van der Waals surface area contributed by atoms with Crippen molar-refractivity contribution in [1.29, 1.82) is 0 Å². The third-order valence-electron chi connectivity index (χ3n) is 4.31. The maximum absolute atomic E-state index is 12.3. The highest BCUT2D eigenvalue weighted by molar-refractivity contribution is 5.78. The topological polar surface area (TPSA) is 63.9 Å². The van der Waals surface area contributed by atoms with E-state index in [9.17, 15) is 4.79 Å². The molecule has 0 aromatic carbocycles. The molecule has 2 heterocycles. The van der Waals surface area contributed by atoms with Crippen molar-refractivity contribution in [2.24, 2.45) is 11.3 Å². The number of likely N-dealkylation sites (tertiary alicyclic amines) is 1. The van der Waals surface area contributed by atoms with Gasteiger partial charge in [-0.2, -0.15) is 4.80 Å². The summed E-state index contributed by atoms with van der Waals surface area (Å²) < 4.78 is 0. The van der Waals surface area contributed by atoms with Crippen LogP contribution in [0.3, 0.4) is 0 Å². The smallest absolute Gasteiger partial charge is 0.230 e. The van der Waals surface area contributed by atoms with E-state index < -0.39 is 0 Å². The Bertz CT molecular complexity index is 480. The number of amides is 1. The van der Waals surface area contributed by atoms with Gasteiger partial charge in [-0.05, 0) is 43.2 Å². The van der Waals surface area contributed by atoms with Crippen LogP contribution in [0.2, 0.25) is 0 Å². The first-order valence-corrected chi connectivity index (χ1v) is 7.83. The summed E-state index contributed by atoms with van der Waals surface area (Å²) in [6.45, 7) is 12.5. The van der Waals surface area contributed by atoms with Crippen molar-refractivity contribution in [3.63, 3.8) is 0 Å². The second-order valence-corrected chi connectivity index (χ2v) is 7.32. The molecule has 6 heteroatoms. The average Bonchev–Trinajstić information content (AvgIpc) is 2.86. The summed E-state index contributed by atoms with van der Waals surface area (Å²) in [4.78, 5) is 15.8. The molecule has 1 aromatic rings. The molecule has 0 atom stereocenters. The minimum atomic E-state index is 0.116. The molecule has 21 heavy (non-hydrogen) atoms. The highest BCUT2D eigenvalue weighted by atomic mass is 16.2. The van der Waals surface area contributed by atoms with Crippen LogP contribution in [0.15, 0.2) is 0 Å². The summed E-state index contributed by atoms with van der Waals surface area (Å²) in [5.41, 5.74) is 0.330. The summed E-state index contributed by atoms with van der Waals surface area (Å²) in [7, 11) is 0. The number of aromatic nitrogens is 4. The van der Waals surface area contributed by atoms with Gasteiger partial charge in [0.05, 0.1) is 12.5 Å². The molecule has 0 bridgehead atoms. The molecule has 1 fully saturated rings. The molecule has 1 aliphatic rings. The molecule has 2 rings (SSSR count). The fraction of sp³-hybridized carbons (Fsp3) is 0.867. The third kappa shape index (κ3) is 4.02. The first-order valence-electron chi connectivity index (χ1n) is 7.83. The lowest BCUT2D eigenvalue weighted by molar-refractivity contribution is -0.132. The molecular formula is C15H27N5O. The Balaban J connectivity index is 1.87. The van der Waals surface area contributed by atoms with E-state index in [1.807, 2.05) is 18.7 Å². The lowest BCUT2D eigenvalue weighted by Gasteiger charge is -2.38. The number of carbonyl (C=O) groups is 1. The van der Waals surface area contributed by atoms with Crippen LogP contribution in [0.5, 0.6) is 0 Å². The van der Waals surface area contributed by atoms with Crippen LogP contribution in [0.25, 0.3) is 0 Å². The van der Waals surface area contributed by atoms with Gasteiger partial charge in [-0.1, -0.05) is 20.8 Å². The van der Waals surface area contributed by atoms with E-state index in [0.717, 1.165) is 25.9 Å². The predicted molar refractivity (Wildman–Crippen MR) is 80.7 cm³/mol. The van der Waals surface area contributed by atoms with E-state index in [1.54, 1.807) is 4.80 Å². The van der Waals surface area contributed by atoms with Crippen molar-refractivity contribution in [2.45, 2.75) is 59.9 Å². The Morgan fingerprint density at radius 1 is 1.29 bits per heavy atom. The van der Waals surface area contributed by atoms with E-state index in [-0.39, 0.29) is 18.4 Å². The van der Waals surface area contributed by atoms with Crippen LogP contribution in [-0.4, -0.2) is 44.1 Å². The second kappa shape index (κ2) is 6.12. The maximum Gasteiger partial charge on any atom is 0.230 e. The second-order valence-electron chi connectivity index (χ2n) is 7.32. The van der Waals surface area contributed by atoms with Gasteiger partial charge in [-0.25, -0.2) is 0 Å². The van der Waals surface area contributed by atoms with Gasteiger partial charge >= 0.3 is 0 Å². The largest absolute Gasteiger partial charge is 0.342 e. The van der Waals surface area contributed by atoms with E-state index >= 15 is 0 Å². The molecule has 1 aliphatic heterocycles. The molecule has 0 aliphatic carbocycles. The zero-order valence-electron chi connectivity index (χ0n) is 13.8. The van der Waals surface area contributed by atoms with Crippen molar-refractivity contribution >= 4 is 5.91 Å². The van der Waals surface area contributed by atoms with Crippen molar-refractivity contribution in [3.05, 3.63) is 5.82 Å². The molecule has 1 aromatic heterocycles. The molecule has 0 spiro atoms. The molecule has 1 amide bonds. The highest BCUT2D eigenvalue weighted by Gasteiger charge is 2.30. The number of hydrogen-bond acceptors (Lipinski definition) is 4. The molecule has 0 saturated carbocycles. The van der Waals surface area contributed by atoms with Crippen LogP contribution in [-0.2, 0) is 11.2 Å². The minimum absolute atomic E-state index is 0.116. The molecule has 1 saturated heterocycles. The van der Waals surface area contributed by atoms with E-state index in [1.165, 1.54) is 0 Å². The van der Waals surface area contributed by atoms with Gasteiger partial charge in [0, 0.05) is 13.1 Å². The number of tetrazole rings is 1. The normalized spacial score (nSPS) is 17.5. The standard InChI is InChI=1S/C15H27N5O/c1-11(2)20-17-13(16-18-20)10-14(21)19-8-6-12(7-9-19)15(3,4)5/h11-12H,6-10H2,1-5H3. The van der Waals surface area contributed by atoms with Gasteiger partial charge in [-0.3, -0.25) is 4.79 Å². The Kier molecular flexibility index (Phi) is 4.64. The minimum Gasteiger partial charge on any atom is -0.342 e. The molecule has 0 radical (unpaired) electrons. The third-order valence-corrected chi connectivity index (χ3v) is 4.31. The van der Waals surface area contributed by atoms with Crippen LogP contribution in [0.4, 0.5) is 0 Å². The summed E-state index contributed by atoms with van der Waals surface area (Å²) >= 11 is 0. The van der Waals surface area contributed by atoms with Gasteiger partial charge in [0.15, 0.2) is 5.82 Å². The van der Waals surface area contributed by atoms with Gasteiger partial charge in [0.25, 0.3) is 0 Å². The number of piperidine rings is 1. The van der Waals surface area contributed by atoms with E-state index in [4.69, 9.17) is 0 Å². The Morgan fingerprint density at radius 3 is 2.38 bits per heavy atom. The Morgan fingerprint density at radius 2 is 1.90 bits per heavy atom. The number of hydrogen-bond donors (Lipinski definition) is 0. The number of nitrogens with zero attached hydrogens (tertiary/aromatic N) is 5. The van der Waals surface area contributed by atoms with Gasteiger partial charge < -0.3 is 4.90 Å². The van der Waals surface area contributed by atoms with Crippen LogP contribution < -0.4 is 0 Å². The monoisotopic (exact) mass is 293 g/mol. The summed E-state index contributed by atoms with van der Waals surface area (Å²) in [6, 6.07) is 0.170. The van der Waals surface area contributed by atoms with Crippen LogP contribution in [0, 0.1) is 11.3 Å².